The van der Waals surface area contributed by atoms with Crippen molar-refractivity contribution in [3.05, 3.63) is 47.7 Å². The molecule has 0 saturated carbocycles. The molecule has 0 aliphatic carbocycles. The maximum absolute atomic E-state index is 10.2. The van der Waals surface area contributed by atoms with E-state index in [9.17, 15) is 5.11 Å². The van der Waals surface area contributed by atoms with Crippen molar-refractivity contribution in [3.63, 3.8) is 0 Å². The number of aliphatic hydroxyl groups is 1. The number of aryl methyl sites for hydroxylation is 1. The number of benzene rings is 2. The van der Waals surface area contributed by atoms with Crippen molar-refractivity contribution in [2.75, 3.05) is 33.9 Å². The van der Waals surface area contributed by atoms with Crippen molar-refractivity contribution in [3.8, 4) is 17.2 Å². The van der Waals surface area contributed by atoms with Crippen LogP contribution in [0.5, 0.6) is 17.2 Å². The van der Waals surface area contributed by atoms with Gasteiger partial charge in [0.15, 0.2) is 17.1 Å². The van der Waals surface area contributed by atoms with E-state index in [4.69, 9.17) is 18.7 Å². The number of hydrogen-bond donors (Lipinski definition) is 2. The molecule has 0 radical (unpaired) electrons. The molecule has 0 aliphatic heterocycles. The van der Waals surface area contributed by atoms with Crippen LogP contribution in [0.15, 0.2) is 40.9 Å². The highest BCUT2D eigenvalue weighted by atomic mass is 16.5. The number of nitrogens with one attached hydrogen (secondary N) is 1. The summed E-state index contributed by atoms with van der Waals surface area (Å²) in [6.45, 7) is 3.38. The van der Waals surface area contributed by atoms with Gasteiger partial charge in [0.05, 0.1) is 25.3 Å². The van der Waals surface area contributed by atoms with Gasteiger partial charge in [-0.1, -0.05) is 24.2 Å². The molecule has 7 heteroatoms. The summed E-state index contributed by atoms with van der Waals surface area (Å²) >= 11 is 0. The largest absolute Gasteiger partial charge is 0.493 e. The summed E-state index contributed by atoms with van der Waals surface area (Å²) in [5.41, 5.74) is 2.69. The monoisotopic (exact) mass is 400 g/mol. The van der Waals surface area contributed by atoms with Gasteiger partial charge in [-0.2, -0.15) is 0 Å². The number of aliphatic hydroxyl groups excluding tert-OH is 1. The van der Waals surface area contributed by atoms with Crippen LogP contribution in [0.2, 0.25) is 0 Å². The number of ether oxygens (including phenoxy) is 3. The molecule has 2 aromatic carbocycles. The third-order valence-electron chi connectivity index (χ3n) is 4.72. The Balaban J connectivity index is 1.45. The molecule has 1 heterocycles. The number of nitrogens with zero attached hydrogens (tertiary/aromatic N) is 1. The molecule has 1 aromatic heterocycles. The van der Waals surface area contributed by atoms with Crippen LogP contribution in [0, 0.1) is 0 Å². The predicted molar refractivity (Wildman–Crippen MR) is 111 cm³/mol. The molecule has 3 aromatic rings. The Morgan fingerprint density at radius 3 is 2.69 bits per heavy atom. The molecule has 7 nitrogen and oxygen atoms in total. The lowest BCUT2D eigenvalue weighted by Crippen LogP contribution is -2.32. The van der Waals surface area contributed by atoms with Crippen molar-refractivity contribution in [2.24, 2.45) is 0 Å². The van der Waals surface area contributed by atoms with Gasteiger partial charge in [0.1, 0.15) is 18.5 Å². The summed E-state index contributed by atoms with van der Waals surface area (Å²) in [7, 11) is 3.24. The van der Waals surface area contributed by atoms with Crippen LogP contribution >= 0.6 is 0 Å². The standard InChI is InChI=1S/C22H28N2O5/c1-4-17-22-19(6-5-7-20(22)29-24-17)28-14-16(25)13-23-11-10-15-8-9-18(26-2)21(12-15)27-3/h5-9,12,16,23,25H,4,10-11,13-14H2,1-3H3. The van der Waals surface area contributed by atoms with Crippen LogP contribution in [0.4, 0.5) is 0 Å². The second-order valence-corrected chi connectivity index (χ2v) is 6.72. The van der Waals surface area contributed by atoms with Crippen LogP contribution in [0.1, 0.15) is 18.2 Å². The summed E-state index contributed by atoms with van der Waals surface area (Å²) < 4.78 is 21.7. The van der Waals surface area contributed by atoms with Crippen molar-refractivity contribution in [2.45, 2.75) is 25.9 Å². The van der Waals surface area contributed by atoms with Crippen molar-refractivity contribution >= 4 is 11.0 Å². The molecule has 0 amide bonds. The lowest BCUT2D eigenvalue weighted by molar-refractivity contribution is 0.107. The zero-order chi connectivity index (χ0) is 20.6. The van der Waals surface area contributed by atoms with Crippen LogP contribution in [-0.2, 0) is 12.8 Å². The molecule has 3 rings (SSSR count). The maximum Gasteiger partial charge on any atom is 0.170 e. The van der Waals surface area contributed by atoms with Gasteiger partial charge in [0.2, 0.25) is 0 Å². The minimum Gasteiger partial charge on any atom is -0.493 e. The molecular weight excluding hydrogens is 372 g/mol. The van der Waals surface area contributed by atoms with E-state index in [1.807, 2.05) is 43.3 Å². The zero-order valence-electron chi connectivity index (χ0n) is 17.1. The first-order valence-corrected chi connectivity index (χ1v) is 9.76. The molecular formula is C22H28N2O5. The maximum atomic E-state index is 10.2. The molecule has 0 saturated heterocycles. The van der Waals surface area contributed by atoms with Gasteiger partial charge >= 0.3 is 0 Å². The summed E-state index contributed by atoms with van der Waals surface area (Å²) in [4.78, 5) is 0. The Morgan fingerprint density at radius 2 is 1.93 bits per heavy atom. The highest BCUT2D eigenvalue weighted by molar-refractivity contribution is 5.86. The van der Waals surface area contributed by atoms with Crippen LogP contribution in [-0.4, -0.2) is 50.3 Å². The third-order valence-corrected chi connectivity index (χ3v) is 4.72. The number of methoxy groups -OCH3 is 2. The quantitative estimate of drug-likeness (QED) is 0.479. The van der Waals surface area contributed by atoms with Gasteiger partial charge in [0, 0.05) is 6.54 Å². The molecule has 0 spiro atoms. The molecule has 0 bridgehead atoms. The van der Waals surface area contributed by atoms with Crippen molar-refractivity contribution in [1.82, 2.24) is 10.5 Å². The van der Waals surface area contributed by atoms with Crippen LogP contribution < -0.4 is 19.5 Å². The Hall–Kier alpha value is -2.77. The molecule has 1 unspecified atom stereocenters. The fourth-order valence-corrected chi connectivity index (χ4v) is 3.17. The summed E-state index contributed by atoms with van der Waals surface area (Å²) in [5.74, 6) is 2.11. The highest BCUT2D eigenvalue weighted by Gasteiger charge is 2.13. The molecule has 29 heavy (non-hydrogen) atoms. The molecule has 0 fully saturated rings. The predicted octanol–water partition coefficient (Wildman–Crippen LogP) is 2.98. The first-order valence-electron chi connectivity index (χ1n) is 9.76. The molecule has 156 valence electrons. The van der Waals surface area contributed by atoms with E-state index >= 15 is 0 Å². The van der Waals surface area contributed by atoms with Gasteiger partial charge in [-0.25, -0.2) is 0 Å². The Morgan fingerprint density at radius 1 is 1.10 bits per heavy atom. The van der Waals surface area contributed by atoms with E-state index in [0.29, 0.717) is 29.4 Å². The number of aromatic nitrogens is 1. The molecule has 1 atom stereocenters. The number of hydrogen-bond acceptors (Lipinski definition) is 7. The van der Waals surface area contributed by atoms with Crippen molar-refractivity contribution < 1.29 is 23.8 Å². The molecule has 0 aliphatic rings. The highest BCUT2D eigenvalue weighted by Crippen LogP contribution is 2.29. The summed E-state index contributed by atoms with van der Waals surface area (Å²) in [6.07, 6.45) is 0.946. The van der Waals surface area contributed by atoms with E-state index in [-0.39, 0.29) is 6.61 Å². The SMILES string of the molecule is CCc1noc2cccc(OCC(O)CNCCc3ccc(OC)c(OC)c3)c12. The van der Waals surface area contributed by atoms with Gasteiger partial charge in [-0.15, -0.1) is 0 Å². The smallest absolute Gasteiger partial charge is 0.170 e. The number of fused-ring (bicyclic) bond motifs is 1. The fourth-order valence-electron chi connectivity index (χ4n) is 3.17. The van der Waals surface area contributed by atoms with Gasteiger partial charge in [-0.3, -0.25) is 0 Å². The first kappa shape index (κ1) is 21.0. The normalized spacial score (nSPS) is 12.1. The lowest BCUT2D eigenvalue weighted by atomic mass is 10.1. The molecule has 2 N–H and O–H groups in total. The van der Waals surface area contributed by atoms with Gasteiger partial charge < -0.3 is 29.2 Å². The first-order chi connectivity index (χ1) is 14.2. The average Bonchev–Trinajstić information content (AvgIpc) is 3.19. The minimum absolute atomic E-state index is 0.191. The van der Waals surface area contributed by atoms with E-state index < -0.39 is 6.10 Å². The van der Waals surface area contributed by atoms with E-state index in [1.165, 1.54) is 0 Å². The van der Waals surface area contributed by atoms with Crippen LogP contribution in [0.3, 0.4) is 0 Å². The second-order valence-electron chi connectivity index (χ2n) is 6.72. The number of rotatable bonds is 11. The fraction of sp³-hybridized carbons (Fsp3) is 0.409. The van der Waals surface area contributed by atoms with E-state index in [1.54, 1.807) is 14.2 Å². The van der Waals surface area contributed by atoms with Gasteiger partial charge in [0.25, 0.3) is 0 Å². The third kappa shape index (κ3) is 5.19. The van der Waals surface area contributed by atoms with Crippen LogP contribution in [0.25, 0.3) is 11.0 Å². The second kappa shape index (κ2) is 10.1. The van der Waals surface area contributed by atoms with E-state index in [0.717, 1.165) is 36.0 Å². The Labute approximate surface area is 170 Å². The summed E-state index contributed by atoms with van der Waals surface area (Å²) in [5, 5.41) is 18.4. The summed E-state index contributed by atoms with van der Waals surface area (Å²) in [6, 6.07) is 11.5. The Kier molecular flexibility index (Phi) is 7.32. The van der Waals surface area contributed by atoms with Crippen molar-refractivity contribution in [1.29, 1.82) is 0 Å². The minimum atomic E-state index is -0.624. The topological polar surface area (TPSA) is 86.0 Å². The lowest BCUT2D eigenvalue weighted by Gasteiger charge is -2.14. The Bertz CT molecular complexity index is 925. The van der Waals surface area contributed by atoms with Gasteiger partial charge in [-0.05, 0) is 49.2 Å². The zero-order valence-corrected chi connectivity index (χ0v) is 17.1. The van der Waals surface area contributed by atoms with E-state index in [2.05, 4.69) is 10.5 Å². The average molecular weight is 400 g/mol.